The summed E-state index contributed by atoms with van der Waals surface area (Å²) in [5.41, 5.74) is 7.40. The molecule has 20 heavy (non-hydrogen) atoms. The van der Waals surface area contributed by atoms with E-state index in [4.69, 9.17) is 10.5 Å². The summed E-state index contributed by atoms with van der Waals surface area (Å²) in [5.74, 6) is 0.295. The fourth-order valence-electron chi connectivity index (χ4n) is 1.91. The SMILES string of the molecule is COc1cc(CN(C)C(=O)c2cc(N)c[nH]2)ccc1O. The Morgan fingerprint density at radius 1 is 1.45 bits per heavy atom. The second kappa shape index (κ2) is 5.56. The van der Waals surface area contributed by atoms with Gasteiger partial charge >= 0.3 is 0 Å². The van der Waals surface area contributed by atoms with Gasteiger partial charge in [-0.25, -0.2) is 0 Å². The van der Waals surface area contributed by atoms with Crippen LogP contribution in [0.25, 0.3) is 0 Å². The molecule has 6 heteroatoms. The molecule has 0 aliphatic heterocycles. The van der Waals surface area contributed by atoms with Crippen LogP contribution in [0, 0.1) is 0 Å². The fourth-order valence-corrected chi connectivity index (χ4v) is 1.91. The lowest BCUT2D eigenvalue weighted by molar-refractivity contribution is 0.0780. The number of anilines is 1. The van der Waals surface area contributed by atoms with Crippen LogP contribution in [0.15, 0.2) is 30.5 Å². The molecular weight excluding hydrogens is 258 g/mol. The number of nitrogen functional groups attached to an aromatic ring is 1. The number of aromatic amines is 1. The van der Waals surface area contributed by atoms with E-state index in [0.717, 1.165) is 5.56 Å². The molecule has 1 heterocycles. The maximum absolute atomic E-state index is 12.1. The van der Waals surface area contributed by atoms with E-state index in [2.05, 4.69) is 4.98 Å². The van der Waals surface area contributed by atoms with Crippen molar-refractivity contribution >= 4 is 11.6 Å². The number of nitrogens with zero attached hydrogens (tertiary/aromatic N) is 1. The molecule has 0 unspecified atom stereocenters. The number of ether oxygens (including phenoxy) is 1. The van der Waals surface area contributed by atoms with Gasteiger partial charge in [-0.15, -0.1) is 0 Å². The van der Waals surface area contributed by atoms with Gasteiger partial charge in [-0.3, -0.25) is 4.79 Å². The Balaban J connectivity index is 2.11. The van der Waals surface area contributed by atoms with E-state index in [1.807, 2.05) is 0 Å². The van der Waals surface area contributed by atoms with Crippen molar-refractivity contribution in [1.29, 1.82) is 0 Å². The molecule has 0 radical (unpaired) electrons. The minimum absolute atomic E-state index is 0.0716. The van der Waals surface area contributed by atoms with Gasteiger partial charge in [-0.05, 0) is 23.8 Å². The van der Waals surface area contributed by atoms with Gasteiger partial charge in [0.05, 0.1) is 7.11 Å². The van der Waals surface area contributed by atoms with Crippen LogP contribution in [0.3, 0.4) is 0 Å². The number of nitrogens with two attached hydrogens (primary N) is 1. The molecule has 1 aromatic carbocycles. The summed E-state index contributed by atoms with van der Waals surface area (Å²) in [6.45, 7) is 0.397. The molecule has 0 aliphatic rings. The lowest BCUT2D eigenvalue weighted by Crippen LogP contribution is -2.26. The zero-order chi connectivity index (χ0) is 14.7. The van der Waals surface area contributed by atoms with Crippen molar-refractivity contribution in [3.8, 4) is 11.5 Å². The first kappa shape index (κ1) is 13.8. The number of aromatic nitrogens is 1. The van der Waals surface area contributed by atoms with Crippen LogP contribution in [-0.4, -0.2) is 35.1 Å². The van der Waals surface area contributed by atoms with Crippen molar-refractivity contribution in [2.75, 3.05) is 19.9 Å². The van der Waals surface area contributed by atoms with E-state index >= 15 is 0 Å². The monoisotopic (exact) mass is 275 g/mol. The number of methoxy groups -OCH3 is 1. The van der Waals surface area contributed by atoms with Gasteiger partial charge in [0.25, 0.3) is 5.91 Å². The summed E-state index contributed by atoms with van der Waals surface area (Å²) in [5, 5.41) is 9.53. The average molecular weight is 275 g/mol. The molecule has 0 saturated carbocycles. The number of nitrogens with one attached hydrogen (secondary N) is 1. The number of carbonyl (C=O) groups excluding carboxylic acids is 1. The second-order valence-corrected chi connectivity index (χ2v) is 4.51. The van der Waals surface area contributed by atoms with Crippen molar-refractivity contribution in [2.45, 2.75) is 6.54 Å². The number of aromatic hydroxyl groups is 1. The predicted molar refractivity (Wildman–Crippen MR) is 75.7 cm³/mol. The molecule has 0 spiro atoms. The minimum atomic E-state index is -0.159. The van der Waals surface area contributed by atoms with Gasteiger partial charge in [0.1, 0.15) is 5.69 Å². The quantitative estimate of drug-likeness (QED) is 0.790. The number of rotatable bonds is 4. The lowest BCUT2D eigenvalue weighted by atomic mass is 10.2. The molecule has 0 saturated heterocycles. The lowest BCUT2D eigenvalue weighted by Gasteiger charge is -2.17. The Morgan fingerprint density at radius 3 is 2.80 bits per heavy atom. The smallest absolute Gasteiger partial charge is 0.270 e. The van der Waals surface area contributed by atoms with Crippen molar-refractivity contribution in [2.24, 2.45) is 0 Å². The van der Waals surface area contributed by atoms with Crippen LogP contribution in [0.1, 0.15) is 16.1 Å². The van der Waals surface area contributed by atoms with E-state index in [9.17, 15) is 9.90 Å². The number of hydrogen-bond donors (Lipinski definition) is 3. The molecule has 106 valence electrons. The molecule has 4 N–H and O–H groups in total. The molecule has 6 nitrogen and oxygen atoms in total. The van der Waals surface area contributed by atoms with E-state index < -0.39 is 0 Å². The molecule has 1 amide bonds. The highest BCUT2D eigenvalue weighted by Gasteiger charge is 2.14. The molecule has 0 atom stereocenters. The van der Waals surface area contributed by atoms with E-state index in [-0.39, 0.29) is 11.7 Å². The van der Waals surface area contributed by atoms with Gasteiger partial charge in [0.2, 0.25) is 0 Å². The number of benzene rings is 1. The number of H-pyrrole nitrogens is 1. The molecule has 0 bridgehead atoms. The van der Waals surface area contributed by atoms with E-state index in [1.54, 1.807) is 42.4 Å². The summed E-state index contributed by atoms with van der Waals surface area (Å²) in [4.78, 5) is 16.5. The Hall–Kier alpha value is -2.63. The third kappa shape index (κ3) is 2.85. The average Bonchev–Trinajstić information content (AvgIpc) is 2.86. The molecule has 0 fully saturated rings. The highest BCUT2D eigenvalue weighted by molar-refractivity contribution is 5.93. The minimum Gasteiger partial charge on any atom is -0.504 e. The number of carbonyl (C=O) groups is 1. The summed E-state index contributed by atoms with van der Waals surface area (Å²) >= 11 is 0. The van der Waals surface area contributed by atoms with Gasteiger partial charge in [-0.1, -0.05) is 6.07 Å². The standard InChI is InChI=1S/C14H17N3O3/c1-17(14(19)11-6-10(15)7-16-11)8-9-3-4-12(18)13(5-9)20-2/h3-7,16,18H,8,15H2,1-2H3. The van der Waals surface area contributed by atoms with Crippen LogP contribution >= 0.6 is 0 Å². The molecule has 2 rings (SSSR count). The van der Waals surface area contributed by atoms with Gasteiger partial charge < -0.3 is 25.5 Å². The number of phenols is 1. The Kier molecular flexibility index (Phi) is 3.84. The van der Waals surface area contributed by atoms with Crippen molar-refractivity contribution in [3.05, 3.63) is 41.7 Å². The topological polar surface area (TPSA) is 91.6 Å². The summed E-state index contributed by atoms with van der Waals surface area (Å²) in [7, 11) is 3.17. The second-order valence-electron chi connectivity index (χ2n) is 4.51. The largest absolute Gasteiger partial charge is 0.504 e. The van der Waals surface area contributed by atoms with Crippen LogP contribution in [0.4, 0.5) is 5.69 Å². The van der Waals surface area contributed by atoms with Crippen LogP contribution in [-0.2, 0) is 6.54 Å². The zero-order valence-electron chi connectivity index (χ0n) is 11.4. The maximum atomic E-state index is 12.1. The zero-order valence-corrected chi connectivity index (χ0v) is 11.4. The highest BCUT2D eigenvalue weighted by atomic mass is 16.5. The van der Waals surface area contributed by atoms with E-state index in [1.165, 1.54) is 7.11 Å². The van der Waals surface area contributed by atoms with Gasteiger partial charge in [0.15, 0.2) is 11.5 Å². The van der Waals surface area contributed by atoms with E-state index in [0.29, 0.717) is 23.7 Å². The molecular formula is C14H17N3O3. The maximum Gasteiger partial charge on any atom is 0.270 e. The number of hydrogen-bond acceptors (Lipinski definition) is 4. The third-order valence-electron chi connectivity index (χ3n) is 2.95. The Morgan fingerprint density at radius 2 is 2.20 bits per heavy atom. The third-order valence-corrected chi connectivity index (χ3v) is 2.95. The van der Waals surface area contributed by atoms with Crippen LogP contribution in [0.2, 0.25) is 0 Å². The van der Waals surface area contributed by atoms with Gasteiger partial charge in [-0.2, -0.15) is 0 Å². The fraction of sp³-hybridized carbons (Fsp3) is 0.214. The molecule has 2 aromatic rings. The highest BCUT2D eigenvalue weighted by Crippen LogP contribution is 2.26. The van der Waals surface area contributed by atoms with Gasteiger partial charge in [0, 0.05) is 25.5 Å². The first-order chi connectivity index (χ1) is 9.51. The summed E-state index contributed by atoms with van der Waals surface area (Å²) < 4.78 is 5.04. The molecule has 0 aliphatic carbocycles. The number of phenolic OH excluding ortho intramolecular Hbond substituents is 1. The Bertz CT molecular complexity index is 622. The number of amides is 1. The normalized spacial score (nSPS) is 10.3. The summed E-state index contributed by atoms with van der Waals surface area (Å²) in [6.07, 6.45) is 1.57. The Labute approximate surface area is 116 Å². The first-order valence-corrected chi connectivity index (χ1v) is 6.06. The van der Waals surface area contributed by atoms with Crippen molar-refractivity contribution in [1.82, 2.24) is 9.88 Å². The van der Waals surface area contributed by atoms with Crippen LogP contribution in [0.5, 0.6) is 11.5 Å². The first-order valence-electron chi connectivity index (χ1n) is 6.06. The molecule has 1 aromatic heterocycles. The van der Waals surface area contributed by atoms with Crippen molar-refractivity contribution < 1.29 is 14.6 Å². The van der Waals surface area contributed by atoms with Crippen LogP contribution < -0.4 is 10.5 Å². The summed E-state index contributed by atoms with van der Waals surface area (Å²) in [6, 6.07) is 6.57. The van der Waals surface area contributed by atoms with Crippen molar-refractivity contribution in [3.63, 3.8) is 0 Å². The predicted octanol–water partition coefficient (Wildman–Crippen LogP) is 1.58.